The second kappa shape index (κ2) is 6.38. The normalized spacial score (nSPS) is 10.5. The maximum absolute atomic E-state index is 11.7. The molecule has 0 saturated carbocycles. The van der Waals surface area contributed by atoms with Crippen molar-refractivity contribution in [3.8, 4) is 6.07 Å². The van der Waals surface area contributed by atoms with Gasteiger partial charge in [-0.15, -0.1) is 10.2 Å². The number of hydrogen-bond acceptors (Lipinski definition) is 5. The Hall–Kier alpha value is -3.40. The number of rotatable bonds is 5. The molecule has 24 heavy (non-hydrogen) atoms. The number of amides is 1. The molecule has 4 N–H and O–H groups in total. The van der Waals surface area contributed by atoms with Crippen molar-refractivity contribution >= 4 is 28.3 Å². The lowest BCUT2D eigenvalue weighted by molar-refractivity contribution is 0.0995. The Labute approximate surface area is 138 Å². The number of nitrogens with one attached hydrogen (secondary N) is 2. The molecule has 0 radical (unpaired) electrons. The van der Waals surface area contributed by atoms with E-state index in [1.165, 1.54) is 0 Å². The number of hydrogen-bond donors (Lipinski definition) is 3. The van der Waals surface area contributed by atoms with Gasteiger partial charge in [0.1, 0.15) is 0 Å². The van der Waals surface area contributed by atoms with E-state index in [1.807, 2.05) is 31.2 Å². The molecule has 1 aromatic carbocycles. The molecule has 2 heterocycles. The number of H-pyrrole nitrogens is 1. The molecule has 0 aliphatic rings. The van der Waals surface area contributed by atoms with Gasteiger partial charge in [0.2, 0.25) is 0 Å². The van der Waals surface area contributed by atoms with Crippen LogP contribution in [0.5, 0.6) is 0 Å². The minimum absolute atomic E-state index is 0.0786. The number of anilines is 2. The largest absolute Gasteiger partial charge is 0.364 e. The van der Waals surface area contributed by atoms with Crippen molar-refractivity contribution in [1.29, 1.82) is 5.26 Å². The second-order valence-corrected chi connectivity index (χ2v) is 5.41. The molecule has 0 bridgehead atoms. The van der Waals surface area contributed by atoms with Gasteiger partial charge < -0.3 is 16.0 Å². The van der Waals surface area contributed by atoms with Crippen molar-refractivity contribution in [2.75, 3.05) is 5.32 Å². The Kier molecular flexibility index (Phi) is 4.12. The van der Waals surface area contributed by atoms with Crippen LogP contribution in [0.2, 0.25) is 0 Å². The van der Waals surface area contributed by atoms with E-state index in [2.05, 4.69) is 26.6 Å². The fraction of sp³-hybridized carbons (Fsp3) is 0.176. The van der Waals surface area contributed by atoms with Gasteiger partial charge in [-0.1, -0.05) is 12.1 Å². The van der Waals surface area contributed by atoms with Gasteiger partial charge in [0.25, 0.3) is 5.91 Å². The Morgan fingerprint density at radius 1 is 1.38 bits per heavy atom. The van der Waals surface area contributed by atoms with Gasteiger partial charge in [0, 0.05) is 23.7 Å². The summed E-state index contributed by atoms with van der Waals surface area (Å²) in [5.74, 6) is -0.653. The van der Waals surface area contributed by atoms with Gasteiger partial charge >= 0.3 is 0 Å². The number of carbonyl (C=O) groups excluding carboxylic acids is 1. The van der Waals surface area contributed by atoms with Crippen molar-refractivity contribution in [2.45, 2.75) is 19.8 Å². The Morgan fingerprint density at radius 2 is 2.21 bits per heavy atom. The summed E-state index contributed by atoms with van der Waals surface area (Å²) in [7, 11) is 0. The Morgan fingerprint density at radius 3 is 2.96 bits per heavy atom. The summed E-state index contributed by atoms with van der Waals surface area (Å²) in [6.07, 6.45) is 2.75. The second-order valence-electron chi connectivity index (χ2n) is 5.41. The van der Waals surface area contributed by atoms with Crippen molar-refractivity contribution in [3.63, 3.8) is 0 Å². The van der Waals surface area contributed by atoms with Gasteiger partial charge in [0.05, 0.1) is 11.8 Å². The first-order chi connectivity index (χ1) is 11.6. The molecule has 7 nitrogen and oxygen atoms in total. The van der Waals surface area contributed by atoms with E-state index in [0.717, 1.165) is 22.2 Å². The monoisotopic (exact) mass is 320 g/mol. The Balaban J connectivity index is 2.12. The van der Waals surface area contributed by atoms with Crippen LogP contribution in [0.1, 0.15) is 28.0 Å². The molecule has 120 valence electrons. The molecule has 0 fully saturated rings. The molecule has 0 aliphatic heterocycles. The number of benzene rings is 1. The van der Waals surface area contributed by atoms with Gasteiger partial charge in [-0.3, -0.25) is 4.79 Å². The minimum atomic E-state index is -0.653. The van der Waals surface area contributed by atoms with Crippen molar-refractivity contribution in [2.24, 2.45) is 5.73 Å². The molecular weight excluding hydrogens is 304 g/mol. The summed E-state index contributed by atoms with van der Waals surface area (Å²) in [5, 5.41) is 20.8. The number of aryl methyl sites for hydroxylation is 1. The summed E-state index contributed by atoms with van der Waals surface area (Å²) in [5.41, 5.74) is 9.51. The van der Waals surface area contributed by atoms with E-state index < -0.39 is 5.91 Å². The van der Waals surface area contributed by atoms with Crippen LogP contribution in [-0.4, -0.2) is 21.1 Å². The zero-order valence-electron chi connectivity index (χ0n) is 13.1. The predicted molar refractivity (Wildman–Crippen MR) is 90.8 cm³/mol. The number of aromatic amines is 1. The first kappa shape index (κ1) is 15.5. The molecule has 0 spiro atoms. The van der Waals surface area contributed by atoms with Gasteiger partial charge in [-0.2, -0.15) is 5.26 Å². The van der Waals surface area contributed by atoms with E-state index in [-0.39, 0.29) is 5.69 Å². The minimum Gasteiger partial charge on any atom is -0.364 e. The number of carbonyl (C=O) groups is 1. The molecular formula is C17H16N6O. The standard InChI is InChI=1S/C17H16N6O/c1-10-4-2-6-13(11(10)5-3-8-18)21-14-12-7-9-20-17(12)23-22-15(14)16(19)24/h2,4,6-7,9H,3,5H2,1H3,(H2,19,24)(H2,20,21,23). The first-order valence-electron chi connectivity index (χ1n) is 7.48. The smallest absolute Gasteiger partial charge is 0.271 e. The third-order valence-electron chi connectivity index (χ3n) is 3.87. The van der Waals surface area contributed by atoms with E-state index >= 15 is 0 Å². The highest BCUT2D eigenvalue weighted by molar-refractivity contribution is 6.05. The van der Waals surface area contributed by atoms with Crippen LogP contribution in [0.3, 0.4) is 0 Å². The topological polar surface area (TPSA) is 120 Å². The first-order valence-corrected chi connectivity index (χ1v) is 7.48. The molecule has 0 aliphatic carbocycles. The van der Waals surface area contributed by atoms with E-state index in [4.69, 9.17) is 11.0 Å². The molecule has 3 aromatic rings. The van der Waals surface area contributed by atoms with Crippen LogP contribution in [0, 0.1) is 18.3 Å². The SMILES string of the molecule is Cc1cccc(Nc2c(C(N)=O)nnc3[nH]ccc23)c1CCC#N. The average Bonchev–Trinajstić information content (AvgIpc) is 3.03. The molecule has 0 atom stereocenters. The van der Waals surface area contributed by atoms with Crippen LogP contribution >= 0.6 is 0 Å². The van der Waals surface area contributed by atoms with E-state index in [1.54, 1.807) is 6.20 Å². The van der Waals surface area contributed by atoms with Crippen LogP contribution in [-0.2, 0) is 6.42 Å². The summed E-state index contributed by atoms with van der Waals surface area (Å²) in [6.45, 7) is 1.99. The molecule has 2 aromatic heterocycles. The highest BCUT2D eigenvalue weighted by Crippen LogP contribution is 2.30. The number of fused-ring (bicyclic) bond motifs is 1. The maximum Gasteiger partial charge on any atom is 0.271 e. The summed E-state index contributed by atoms with van der Waals surface area (Å²) >= 11 is 0. The Bertz CT molecular complexity index is 953. The molecule has 3 rings (SSSR count). The molecule has 0 unspecified atom stereocenters. The average molecular weight is 320 g/mol. The van der Waals surface area contributed by atoms with Gasteiger partial charge in [-0.25, -0.2) is 0 Å². The van der Waals surface area contributed by atoms with Gasteiger partial charge in [0.15, 0.2) is 11.3 Å². The lowest BCUT2D eigenvalue weighted by Crippen LogP contribution is -2.16. The highest BCUT2D eigenvalue weighted by atomic mass is 16.1. The zero-order valence-corrected chi connectivity index (χ0v) is 13.1. The zero-order chi connectivity index (χ0) is 17.1. The summed E-state index contributed by atoms with van der Waals surface area (Å²) in [6, 6.07) is 9.78. The van der Waals surface area contributed by atoms with E-state index in [0.29, 0.717) is 24.2 Å². The van der Waals surface area contributed by atoms with Crippen LogP contribution in [0.25, 0.3) is 11.0 Å². The maximum atomic E-state index is 11.7. The van der Waals surface area contributed by atoms with Crippen LogP contribution in [0.15, 0.2) is 30.5 Å². The molecule has 7 heteroatoms. The van der Waals surface area contributed by atoms with E-state index in [9.17, 15) is 4.79 Å². The van der Waals surface area contributed by atoms with Crippen LogP contribution < -0.4 is 11.1 Å². The number of nitrogens with two attached hydrogens (primary N) is 1. The van der Waals surface area contributed by atoms with Crippen molar-refractivity contribution in [3.05, 3.63) is 47.3 Å². The number of primary amides is 1. The summed E-state index contributed by atoms with van der Waals surface area (Å²) < 4.78 is 0. The lowest BCUT2D eigenvalue weighted by atomic mass is 10.0. The third-order valence-corrected chi connectivity index (χ3v) is 3.87. The third kappa shape index (κ3) is 2.77. The van der Waals surface area contributed by atoms with Crippen LogP contribution in [0.4, 0.5) is 11.4 Å². The number of aromatic nitrogens is 3. The fourth-order valence-corrected chi connectivity index (χ4v) is 2.69. The molecule has 0 saturated heterocycles. The number of nitrogens with zero attached hydrogens (tertiary/aromatic N) is 3. The highest BCUT2D eigenvalue weighted by Gasteiger charge is 2.17. The van der Waals surface area contributed by atoms with Crippen molar-refractivity contribution in [1.82, 2.24) is 15.2 Å². The molecule has 1 amide bonds. The lowest BCUT2D eigenvalue weighted by Gasteiger charge is -2.15. The fourth-order valence-electron chi connectivity index (χ4n) is 2.69. The van der Waals surface area contributed by atoms with Crippen molar-refractivity contribution < 1.29 is 4.79 Å². The number of nitriles is 1. The summed E-state index contributed by atoms with van der Waals surface area (Å²) in [4.78, 5) is 14.7. The quantitative estimate of drug-likeness (QED) is 0.667. The van der Waals surface area contributed by atoms with Gasteiger partial charge in [-0.05, 0) is 36.6 Å². The predicted octanol–water partition coefficient (Wildman–Crippen LogP) is 2.57.